The largest absolute Gasteiger partial charge is 0.467 e. The Kier molecular flexibility index (Phi) is 4.63. The van der Waals surface area contributed by atoms with Gasteiger partial charge in [0.25, 0.3) is 0 Å². The Morgan fingerprint density at radius 3 is 2.95 bits per heavy atom. The molecule has 116 valence electrons. The summed E-state index contributed by atoms with van der Waals surface area (Å²) in [7, 11) is 0. The van der Waals surface area contributed by atoms with Crippen molar-refractivity contribution in [2.75, 3.05) is 6.54 Å². The second-order valence-corrected chi connectivity index (χ2v) is 6.38. The lowest BCUT2D eigenvalue weighted by Gasteiger charge is -2.41. The molecule has 2 aliphatic rings. The van der Waals surface area contributed by atoms with Gasteiger partial charge in [0.15, 0.2) is 0 Å². The van der Waals surface area contributed by atoms with E-state index in [4.69, 9.17) is 4.42 Å². The smallest absolute Gasteiger partial charge is 0.240 e. The van der Waals surface area contributed by atoms with Crippen molar-refractivity contribution < 1.29 is 9.21 Å². The van der Waals surface area contributed by atoms with Crippen LogP contribution in [-0.2, 0) is 11.3 Å². The van der Waals surface area contributed by atoms with Gasteiger partial charge in [0.1, 0.15) is 5.76 Å². The van der Waals surface area contributed by atoms with Crippen LogP contribution in [0, 0.1) is 5.92 Å². The highest BCUT2D eigenvalue weighted by Gasteiger charge is 2.35. The van der Waals surface area contributed by atoms with E-state index >= 15 is 0 Å². The first-order valence-electron chi connectivity index (χ1n) is 8.35. The summed E-state index contributed by atoms with van der Waals surface area (Å²) in [6, 6.07) is 4.36. The molecule has 1 aliphatic carbocycles. The predicted octanol–water partition coefficient (Wildman–Crippen LogP) is 2.94. The highest BCUT2D eigenvalue weighted by atomic mass is 16.3. The van der Waals surface area contributed by atoms with Crippen LogP contribution in [0.15, 0.2) is 22.8 Å². The van der Waals surface area contributed by atoms with Crippen molar-refractivity contribution in [3.05, 3.63) is 24.2 Å². The van der Waals surface area contributed by atoms with Crippen LogP contribution in [0.4, 0.5) is 0 Å². The molecule has 3 rings (SSSR count). The third-order valence-electron chi connectivity index (χ3n) is 5.07. The number of fused-ring (bicyclic) bond motifs is 1. The van der Waals surface area contributed by atoms with Gasteiger partial charge in [-0.15, -0.1) is 0 Å². The van der Waals surface area contributed by atoms with E-state index in [2.05, 4.69) is 5.32 Å². The van der Waals surface area contributed by atoms with Crippen LogP contribution in [0.5, 0.6) is 0 Å². The molecule has 0 bridgehead atoms. The second-order valence-electron chi connectivity index (χ2n) is 6.38. The molecule has 1 N–H and O–H groups in total. The molecule has 0 aromatic carbocycles. The molecule has 1 aliphatic heterocycles. The molecule has 1 aromatic heterocycles. The van der Waals surface area contributed by atoms with Crippen LogP contribution in [0.2, 0.25) is 0 Å². The summed E-state index contributed by atoms with van der Waals surface area (Å²) in [5.41, 5.74) is 0. The van der Waals surface area contributed by atoms with E-state index in [0.29, 0.717) is 12.6 Å². The molecule has 1 amide bonds. The van der Waals surface area contributed by atoms with Crippen molar-refractivity contribution in [2.45, 2.75) is 64.1 Å². The summed E-state index contributed by atoms with van der Waals surface area (Å²) in [4.78, 5) is 14.7. The summed E-state index contributed by atoms with van der Waals surface area (Å²) in [5, 5.41) is 3.63. The lowest BCUT2D eigenvalue weighted by molar-refractivity contribution is -0.135. The number of rotatable bonds is 4. The van der Waals surface area contributed by atoms with Gasteiger partial charge in [-0.25, -0.2) is 0 Å². The van der Waals surface area contributed by atoms with Crippen molar-refractivity contribution in [1.82, 2.24) is 10.2 Å². The van der Waals surface area contributed by atoms with Crippen LogP contribution >= 0.6 is 0 Å². The van der Waals surface area contributed by atoms with Gasteiger partial charge in [0.05, 0.1) is 18.8 Å². The minimum Gasteiger partial charge on any atom is -0.467 e. The van der Waals surface area contributed by atoms with E-state index < -0.39 is 0 Å². The topological polar surface area (TPSA) is 45.5 Å². The van der Waals surface area contributed by atoms with Crippen molar-refractivity contribution in [3.63, 3.8) is 0 Å². The van der Waals surface area contributed by atoms with Crippen molar-refractivity contribution >= 4 is 5.91 Å². The maximum absolute atomic E-state index is 12.8. The lowest BCUT2D eigenvalue weighted by Crippen LogP contribution is -2.55. The molecule has 4 heteroatoms. The molecule has 3 unspecified atom stereocenters. The SMILES string of the molecule is CCN(Cc1ccco1)C(=O)C1CCC2CCCCC2N1. The van der Waals surface area contributed by atoms with Crippen LogP contribution < -0.4 is 5.32 Å². The van der Waals surface area contributed by atoms with Gasteiger partial charge in [0.2, 0.25) is 5.91 Å². The average Bonchev–Trinajstić information content (AvgIpc) is 3.04. The fourth-order valence-corrected chi connectivity index (χ4v) is 3.85. The zero-order valence-corrected chi connectivity index (χ0v) is 12.9. The maximum atomic E-state index is 12.8. The Bertz CT molecular complexity index is 457. The number of nitrogens with one attached hydrogen (secondary N) is 1. The second kappa shape index (κ2) is 6.65. The summed E-state index contributed by atoms with van der Waals surface area (Å²) in [5.74, 6) is 1.89. The van der Waals surface area contributed by atoms with E-state index in [-0.39, 0.29) is 11.9 Å². The highest BCUT2D eigenvalue weighted by Crippen LogP contribution is 2.32. The normalized spacial score (nSPS) is 28.9. The van der Waals surface area contributed by atoms with Gasteiger partial charge >= 0.3 is 0 Å². The van der Waals surface area contributed by atoms with Gasteiger partial charge < -0.3 is 14.6 Å². The standard InChI is InChI=1S/C17H26N2O2/c1-2-19(12-14-7-5-11-21-14)17(20)16-10-9-13-6-3-4-8-15(13)18-16/h5,7,11,13,15-16,18H,2-4,6,8-10,12H2,1H3. The molecule has 1 saturated heterocycles. The summed E-state index contributed by atoms with van der Waals surface area (Å²) in [6.07, 6.45) is 9.08. The van der Waals surface area contributed by atoms with Gasteiger partial charge in [-0.2, -0.15) is 0 Å². The van der Waals surface area contributed by atoms with Gasteiger partial charge in [0, 0.05) is 12.6 Å². The predicted molar refractivity (Wildman–Crippen MR) is 81.7 cm³/mol. The molecule has 1 saturated carbocycles. The monoisotopic (exact) mass is 290 g/mol. The molecule has 2 fully saturated rings. The van der Waals surface area contributed by atoms with Gasteiger partial charge in [-0.3, -0.25) is 4.79 Å². The van der Waals surface area contributed by atoms with Crippen LogP contribution in [-0.4, -0.2) is 29.4 Å². The fraction of sp³-hybridized carbons (Fsp3) is 0.706. The van der Waals surface area contributed by atoms with Crippen molar-refractivity contribution in [1.29, 1.82) is 0 Å². The first-order chi connectivity index (χ1) is 10.3. The third kappa shape index (κ3) is 3.31. The van der Waals surface area contributed by atoms with E-state index in [9.17, 15) is 4.79 Å². The number of hydrogen-bond acceptors (Lipinski definition) is 3. The molecule has 0 radical (unpaired) electrons. The first-order valence-corrected chi connectivity index (χ1v) is 8.35. The number of furan rings is 1. The summed E-state index contributed by atoms with van der Waals surface area (Å²) < 4.78 is 5.37. The molecule has 1 aromatic rings. The molecular weight excluding hydrogens is 264 g/mol. The number of carbonyl (C=O) groups is 1. The number of amides is 1. The van der Waals surface area contributed by atoms with Crippen LogP contribution in [0.1, 0.15) is 51.2 Å². The third-order valence-corrected chi connectivity index (χ3v) is 5.07. The quantitative estimate of drug-likeness (QED) is 0.927. The zero-order valence-electron chi connectivity index (χ0n) is 12.9. The van der Waals surface area contributed by atoms with Crippen molar-refractivity contribution in [2.24, 2.45) is 5.92 Å². The summed E-state index contributed by atoms with van der Waals surface area (Å²) in [6.45, 7) is 3.34. The Morgan fingerprint density at radius 2 is 2.19 bits per heavy atom. The zero-order chi connectivity index (χ0) is 14.7. The number of hydrogen-bond donors (Lipinski definition) is 1. The van der Waals surface area contributed by atoms with E-state index in [1.165, 1.54) is 32.1 Å². The molecule has 2 heterocycles. The van der Waals surface area contributed by atoms with E-state index in [1.54, 1.807) is 6.26 Å². The number of likely N-dealkylation sites (N-methyl/N-ethyl adjacent to an activating group) is 1. The van der Waals surface area contributed by atoms with Gasteiger partial charge in [-0.05, 0) is 50.7 Å². The lowest BCUT2D eigenvalue weighted by atomic mass is 9.77. The number of piperidine rings is 1. The molecule has 0 spiro atoms. The molecule has 21 heavy (non-hydrogen) atoms. The molecule has 4 nitrogen and oxygen atoms in total. The minimum atomic E-state index is -0.000683. The Morgan fingerprint density at radius 1 is 1.33 bits per heavy atom. The average molecular weight is 290 g/mol. The Hall–Kier alpha value is -1.29. The summed E-state index contributed by atoms with van der Waals surface area (Å²) >= 11 is 0. The fourth-order valence-electron chi connectivity index (χ4n) is 3.85. The highest BCUT2D eigenvalue weighted by molar-refractivity contribution is 5.82. The van der Waals surface area contributed by atoms with E-state index in [1.807, 2.05) is 24.0 Å². The van der Waals surface area contributed by atoms with Crippen LogP contribution in [0.25, 0.3) is 0 Å². The number of carbonyl (C=O) groups excluding carboxylic acids is 1. The Balaban J connectivity index is 1.60. The number of nitrogens with zero attached hydrogens (tertiary/aromatic N) is 1. The van der Waals surface area contributed by atoms with Gasteiger partial charge in [-0.1, -0.05) is 12.8 Å². The molecule has 3 atom stereocenters. The van der Waals surface area contributed by atoms with E-state index in [0.717, 1.165) is 24.6 Å². The van der Waals surface area contributed by atoms with Crippen molar-refractivity contribution in [3.8, 4) is 0 Å². The first kappa shape index (κ1) is 14.6. The molecular formula is C17H26N2O2. The minimum absolute atomic E-state index is 0.000683. The Labute approximate surface area is 126 Å². The van der Waals surface area contributed by atoms with Crippen LogP contribution in [0.3, 0.4) is 0 Å². The maximum Gasteiger partial charge on any atom is 0.240 e.